The van der Waals surface area contributed by atoms with Gasteiger partial charge in [0.15, 0.2) is 0 Å². The normalized spacial score (nSPS) is 19.4. The Bertz CT molecular complexity index is 642. The summed E-state index contributed by atoms with van der Waals surface area (Å²) in [5, 5.41) is 0.0236. The van der Waals surface area contributed by atoms with Crippen LogP contribution in [0.5, 0.6) is 0 Å². The van der Waals surface area contributed by atoms with E-state index in [1.54, 1.807) is 11.8 Å². The molecule has 1 heterocycles. The second-order valence-electron chi connectivity index (χ2n) is 7.31. The lowest BCUT2D eigenvalue weighted by atomic mass is 9.93. The van der Waals surface area contributed by atoms with Gasteiger partial charge in [-0.05, 0) is 25.8 Å². The Kier molecular flexibility index (Phi) is 6.44. The fraction of sp³-hybridized carbons (Fsp3) is 0.550. The predicted octanol–water partition coefficient (Wildman–Crippen LogP) is 3.63. The molecule has 25 heavy (non-hydrogen) atoms. The first-order valence-corrected chi connectivity index (χ1v) is 9.77. The number of carbonyl (C=O) groups is 3. The standard InChI is InChI=1S/C20H27NO3S/c1-5-14(2)25-17-12-18(23)21(19(17)24)20(3,4)13-16(22)11-15-9-7-6-8-10-15/h6-10,14,17H,5,11-13H2,1-4H3. The van der Waals surface area contributed by atoms with E-state index < -0.39 is 5.54 Å². The lowest BCUT2D eigenvalue weighted by Crippen LogP contribution is -2.49. The molecular weight excluding hydrogens is 334 g/mol. The highest BCUT2D eigenvalue weighted by Crippen LogP contribution is 2.34. The molecule has 1 aromatic rings. The molecule has 136 valence electrons. The van der Waals surface area contributed by atoms with Crippen molar-refractivity contribution in [1.29, 1.82) is 0 Å². The number of thioether (sulfide) groups is 1. The molecule has 0 bridgehead atoms. The zero-order valence-corrected chi connectivity index (χ0v) is 16.3. The second-order valence-corrected chi connectivity index (χ2v) is 8.95. The third kappa shape index (κ3) is 4.94. The first-order chi connectivity index (χ1) is 11.7. The molecule has 1 aliphatic heterocycles. The summed E-state index contributed by atoms with van der Waals surface area (Å²) in [6.07, 6.45) is 1.71. The molecule has 2 rings (SSSR count). The number of ketones is 1. The zero-order chi connectivity index (χ0) is 18.6. The third-order valence-electron chi connectivity index (χ3n) is 4.56. The van der Waals surface area contributed by atoms with Crippen LogP contribution in [-0.2, 0) is 20.8 Å². The highest BCUT2D eigenvalue weighted by molar-refractivity contribution is 8.01. The van der Waals surface area contributed by atoms with Crippen LogP contribution in [0.1, 0.15) is 52.5 Å². The SMILES string of the molecule is CCC(C)SC1CC(=O)N(C(C)(C)CC(=O)Cc2ccccc2)C1=O. The van der Waals surface area contributed by atoms with Crippen LogP contribution in [0.4, 0.5) is 0 Å². The summed E-state index contributed by atoms with van der Waals surface area (Å²) < 4.78 is 0. The lowest BCUT2D eigenvalue weighted by Gasteiger charge is -2.33. The highest BCUT2D eigenvalue weighted by atomic mass is 32.2. The number of hydrogen-bond acceptors (Lipinski definition) is 4. The van der Waals surface area contributed by atoms with Crippen molar-refractivity contribution in [2.45, 2.75) is 69.4 Å². The molecule has 1 aliphatic rings. The molecule has 0 spiro atoms. The van der Waals surface area contributed by atoms with E-state index in [1.807, 2.05) is 44.2 Å². The Labute approximate surface area is 154 Å². The number of nitrogens with zero attached hydrogens (tertiary/aromatic N) is 1. The van der Waals surface area contributed by atoms with Crippen molar-refractivity contribution in [1.82, 2.24) is 4.90 Å². The van der Waals surface area contributed by atoms with Gasteiger partial charge in [-0.1, -0.05) is 44.2 Å². The summed E-state index contributed by atoms with van der Waals surface area (Å²) in [6.45, 7) is 7.76. The van der Waals surface area contributed by atoms with Crippen LogP contribution in [0.15, 0.2) is 30.3 Å². The van der Waals surface area contributed by atoms with E-state index in [4.69, 9.17) is 0 Å². The van der Waals surface area contributed by atoms with Gasteiger partial charge < -0.3 is 0 Å². The van der Waals surface area contributed by atoms with Crippen LogP contribution in [0.3, 0.4) is 0 Å². The molecule has 1 aromatic carbocycles. The van der Waals surface area contributed by atoms with Crippen molar-refractivity contribution < 1.29 is 14.4 Å². The van der Waals surface area contributed by atoms with Crippen LogP contribution < -0.4 is 0 Å². The third-order valence-corrected chi connectivity index (χ3v) is 6.05. The lowest BCUT2D eigenvalue weighted by molar-refractivity contribution is -0.145. The summed E-state index contributed by atoms with van der Waals surface area (Å²) in [6, 6.07) is 9.54. The largest absolute Gasteiger partial charge is 0.299 e. The monoisotopic (exact) mass is 361 g/mol. The molecule has 1 saturated heterocycles. The number of hydrogen-bond donors (Lipinski definition) is 0. The van der Waals surface area contributed by atoms with Crippen molar-refractivity contribution >= 4 is 29.4 Å². The summed E-state index contributed by atoms with van der Waals surface area (Å²) in [5.41, 5.74) is 0.165. The molecule has 0 saturated carbocycles. The minimum Gasteiger partial charge on any atom is -0.299 e. The first-order valence-electron chi connectivity index (χ1n) is 8.82. The number of likely N-dealkylation sites (tertiary alicyclic amines) is 1. The number of rotatable bonds is 8. The van der Waals surface area contributed by atoms with Crippen molar-refractivity contribution in [2.75, 3.05) is 0 Å². The van der Waals surface area contributed by atoms with E-state index in [0.29, 0.717) is 11.7 Å². The van der Waals surface area contributed by atoms with Crippen molar-refractivity contribution in [3.8, 4) is 0 Å². The molecule has 0 N–H and O–H groups in total. The summed E-state index contributed by atoms with van der Waals surface area (Å²) in [7, 11) is 0. The molecule has 2 unspecified atom stereocenters. The van der Waals surface area contributed by atoms with Gasteiger partial charge in [0, 0.05) is 24.5 Å². The van der Waals surface area contributed by atoms with Gasteiger partial charge >= 0.3 is 0 Å². The number of amides is 2. The van der Waals surface area contributed by atoms with E-state index in [2.05, 4.69) is 13.8 Å². The van der Waals surface area contributed by atoms with E-state index in [0.717, 1.165) is 12.0 Å². The Morgan fingerprint density at radius 3 is 2.52 bits per heavy atom. The number of carbonyl (C=O) groups excluding carboxylic acids is 3. The molecule has 0 aliphatic carbocycles. The van der Waals surface area contributed by atoms with E-state index in [9.17, 15) is 14.4 Å². The van der Waals surface area contributed by atoms with Gasteiger partial charge in [-0.2, -0.15) is 0 Å². The Hall–Kier alpha value is -1.62. The fourth-order valence-electron chi connectivity index (χ4n) is 3.17. The summed E-state index contributed by atoms with van der Waals surface area (Å²) >= 11 is 1.56. The van der Waals surface area contributed by atoms with Gasteiger partial charge in [0.05, 0.1) is 10.8 Å². The summed E-state index contributed by atoms with van der Waals surface area (Å²) in [5.74, 6) is -0.272. The molecular formula is C20H27NO3S. The number of benzene rings is 1. The van der Waals surface area contributed by atoms with Gasteiger partial charge in [-0.15, -0.1) is 11.8 Å². The Balaban J connectivity index is 2.03. The average Bonchev–Trinajstić information content (AvgIpc) is 2.82. The average molecular weight is 362 g/mol. The zero-order valence-electron chi connectivity index (χ0n) is 15.5. The van der Waals surface area contributed by atoms with E-state index >= 15 is 0 Å². The Morgan fingerprint density at radius 2 is 1.92 bits per heavy atom. The quantitative estimate of drug-likeness (QED) is 0.664. The van der Waals surface area contributed by atoms with Crippen molar-refractivity contribution in [2.24, 2.45) is 0 Å². The topological polar surface area (TPSA) is 54.5 Å². The molecule has 4 nitrogen and oxygen atoms in total. The second kappa shape index (κ2) is 8.17. The van der Waals surface area contributed by atoms with Gasteiger partial charge in [0.2, 0.25) is 11.8 Å². The van der Waals surface area contributed by atoms with Crippen LogP contribution in [0, 0.1) is 0 Å². The minimum atomic E-state index is -0.787. The van der Waals surface area contributed by atoms with E-state index in [1.165, 1.54) is 4.90 Å². The van der Waals surface area contributed by atoms with Gasteiger partial charge in [-0.3, -0.25) is 19.3 Å². The van der Waals surface area contributed by atoms with Crippen LogP contribution in [-0.4, -0.2) is 38.5 Å². The first kappa shape index (κ1) is 19.7. The molecule has 1 fully saturated rings. The number of Topliss-reactive ketones (excluding diaryl/α,β-unsaturated/α-hetero) is 1. The predicted molar refractivity (Wildman–Crippen MR) is 101 cm³/mol. The smallest absolute Gasteiger partial charge is 0.243 e. The van der Waals surface area contributed by atoms with Crippen LogP contribution in [0.2, 0.25) is 0 Å². The maximum atomic E-state index is 12.7. The molecule has 2 atom stereocenters. The molecule has 2 amide bonds. The molecule has 0 radical (unpaired) electrons. The van der Waals surface area contributed by atoms with Crippen molar-refractivity contribution in [3.05, 3.63) is 35.9 Å². The van der Waals surface area contributed by atoms with Gasteiger partial charge in [0.25, 0.3) is 0 Å². The van der Waals surface area contributed by atoms with Crippen LogP contribution in [0.25, 0.3) is 0 Å². The van der Waals surface area contributed by atoms with E-state index in [-0.39, 0.29) is 35.7 Å². The number of imide groups is 1. The minimum absolute atomic E-state index is 0.0369. The molecule has 5 heteroatoms. The maximum absolute atomic E-state index is 12.7. The Morgan fingerprint density at radius 1 is 1.28 bits per heavy atom. The van der Waals surface area contributed by atoms with Crippen LogP contribution >= 0.6 is 11.8 Å². The van der Waals surface area contributed by atoms with Gasteiger partial charge in [-0.25, -0.2) is 0 Å². The summed E-state index contributed by atoms with van der Waals surface area (Å²) in [4.78, 5) is 38.9. The molecule has 0 aromatic heterocycles. The fourth-order valence-corrected chi connectivity index (χ4v) is 4.38. The maximum Gasteiger partial charge on any atom is 0.243 e. The van der Waals surface area contributed by atoms with Gasteiger partial charge in [0.1, 0.15) is 5.78 Å². The highest BCUT2D eigenvalue weighted by Gasteiger charge is 2.47. The van der Waals surface area contributed by atoms with Crippen molar-refractivity contribution in [3.63, 3.8) is 0 Å².